The molecule has 21 heavy (non-hydrogen) atoms. The molecule has 0 radical (unpaired) electrons. The van der Waals surface area contributed by atoms with E-state index in [9.17, 15) is 17.6 Å². The van der Waals surface area contributed by atoms with E-state index in [1.807, 2.05) is 0 Å². The van der Waals surface area contributed by atoms with E-state index in [0.29, 0.717) is 17.4 Å². The van der Waals surface area contributed by atoms with Gasteiger partial charge in [0.1, 0.15) is 10.8 Å². The number of alkyl halides is 3. The monoisotopic (exact) mass is 315 g/mol. The normalized spacial score (nSPS) is 11.2. The molecule has 0 fully saturated rings. The number of benzene rings is 1. The molecule has 3 nitrogen and oxygen atoms in total. The van der Waals surface area contributed by atoms with Gasteiger partial charge in [0.15, 0.2) is 0 Å². The second-order valence-corrected chi connectivity index (χ2v) is 4.55. The molecule has 1 aromatic heterocycles. The van der Waals surface area contributed by atoms with Crippen molar-refractivity contribution in [3.05, 3.63) is 53.6 Å². The standard InChI is InChI=1S/C13H9F4N3S/c14-10-2-1-7(5-9(10)13(15,16)17)20-8-3-4-19-11(6-8)12(18)21/h1-6H,(H2,18,21)(H,19,20). The summed E-state index contributed by atoms with van der Waals surface area (Å²) in [7, 11) is 0. The molecule has 0 amide bonds. The molecule has 3 N–H and O–H groups in total. The minimum absolute atomic E-state index is 0.0636. The fraction of sp³-hybridized carbons (Fsp3) is 0.0769. The number of hydrogen-bond acceptors (Lipinski definition) is 3. The number of hydrogen-bond donors (Lipinski definition) is 2. The summed E-state index contributed by atoms with van der Waals surface area (Å²) in [5, 5.41) is 2.72. The van der Waals surface area contributed by atoms with Crippen molar-refractivity contribution >= 4 is 28.6 Å². The molecule has 0 aliphatic heterocycles. The highest BCUT2D eigenvalue weighted by Gasteiger charge is 2.34. The number of rotatable bonds is 3. The first-order valence-electron chi connectivity index (χ1n) is 5.67. The summed E-state index contributed by atoms with van der Waals surface area (Å²) < 4.78 is 51.1. The van der Waals surface area contributed by atoms with Gasteiger partial charge < -0.3 is 11.1 Å². The Hall–Kier alpha value is -2.22. The van der Waals surface area contributed by atoms with Crippen LogP contribution in [0.25, 0.3) is 0 Å². The Labute approximate surface area is 122 Å². The topological polar surface area (TPSA) is 50.9 Å². The highest BCUT2D eigenvalue weighted by molar-refractivity contribution is 7.80. The lowest BCUT2D eigenvalue weighted by Crippen LogP contribution is -2.11. The van der Waals surface area contributed by atoms with Gasteiger partial charge in [0.05, 0.1) is 11.3 Å². The average Bonchev–Trinajstić information content (AvgIpc) is 2.40. The third-order valence-electron chi connectivity index (χ3n) is 2.57. The Bertz CT molecular complexity index is 685. The van der Waals surface area contributed by atoms with Crippen molar-refractivity contribution in [1.82, 2.24) is 4.98 Å². The first kappa shape index (κ1) is 15.2. The van der Waals surface area contributed by atoms with Crippen LogP contribution in [0, 0.1) is 5.82 Å². The summed E-state index contributed by atoms with van der Waals surface area (Å²) in [5.74, 6) is -1.33. The van der Waals surface area contributed by atoms with Gasteiger partial charge in [-0.05, 0) is 30.3 Å². The van der Waals surface area contributed by atoms with Gasteiger partial charge in [-0.2, -0.15) is 13.2 Å². The third-order valence-corrected chi connectivity index (χ3v) is 2.78. The van der Waals surface area contributed by atoms with E-state index < -0.39 is 17.6 Å². The van der Waals surface area contributed by atoms with Gasteiger partial charge in [-0.15, -0.1) is 0 Å². The summed E-state index contributed by atoms with van der Waals surface area (Å²) in [6.07, 6.45) is -3.35. The van der Waals surface area contributed by atoms with Crippen LogP contribution in [-0.4, -0.2) is 9.97 Å². The minimum Gasteiger partial charge on any atom is -0.388 e. The fourth-order valence-corrected chi connectivity index (χ4v) is 1.74. The summed E-state index contributed by atoms with van der Waals surface area (Å²) in [6.45, 7) is 0. The second kappa shape index (κ2) is 5.65. The van der Waals surface area contributed by atoms with Crippen molar-refractivity contribution < 1.29 is 17.6 Å². The van der Waals surface area contributed by atoms with Gasteiger partial charge in [-0.25, -0.2) is 4.39 Å². The molecule has 2 aromatic rings. The predicted molar refractivity (Wildman–Crippen MR) is 74.8 cm³/mol. The van der Waals surface area contributed by atoms with Gasteiger partial charge in [-0.1, -0.05) is 12.2 Å². The van der Waals surface area contributed by atoms with E-state index in [1.54, 1.807) is 0 Å². The van der Waals surface area contributed by atoms with Crippen molar-refractivity contribution in [2.75, 3.05) is 5.32 Å². The van der Waals surface area contributed by atoms with Crippen molar-refractivity contribution in [1.29, 1.82) is 0 Å². The number of aromatic nitrogens is 1. The highest BCUT2D eigenvalue weighted by Crippen LogP contribution is 2.33. The molecule has 0 aliphatic carbocycles. The molecule has 2 rings (SSSR count). The number of pyridine rings is 1. The Morgan fingerprint density at radius 2 is 1.81 bits per heavy atom. The first-order valence-corrected chi connectivity index (χ1v) is 6.08. The van der Waals surface area contributed by atoms with E-state index in [0.717, 1.165) is 6.07 Å². The Kier molecular flexibility index (Phi) is 4.08. The second-order valence-electron chi connectivity index (χ2n) is 4.11. The zero-order chi connectivity index (χ0) is 15.6. The molecule has 0 unspecified atom stereocenters. The summed E-state index contributed by atoms with van der Waals surface area (Å²) >= 11 is 4.76. The molecule has 1 heterocycles. The van der Waals surface area contributed by atoms with Gasteiger partial charge in [0.2, 0.25) is 0 Å². The molecule has 0 spiro atoms. The lowest BCUT2D eigenvalue weighted by molar-refractivity contribution is -0.139. The number of thiocarbonyl (C=S) groups is 1. The van der Waals surface area contributed by atoms with E-state index in [-0.39, 0.29) is 10.7 Å². The van der Waals surface area contributed by atoms with Gasteiger partial charge in [0.25, 0.3) is 0 Å². The molecule has 0 atom stereocenters. The van der Waals surface area contributed by atoms with E-state index in [4.69, 9.17) is 18.0 Å². The fourth-order valence-electron chi connectivity index (χ4n) is 1.63. The van der Waals surface area contributed by atoms with Gasteiger partial charge in [0, 0.05) is 17.6 Å². The highest BCUT2D eigenvalue weighted by atomic mass is 32.1. The van der Waals surface area contributed by atoms with Crippen LogP contribution in [0.5, 0.6) is 0 Å². The van der Waals surface area contributed by atoms with Crippen LogP contribution in [0.4, 0.5) is 28.9 Å². The Morgan fingerprint density at radius 1 is 1.14 bits per heavy atom. The minimum atomic E-state index is -4.76. The summed E-state index contributed by atoms with van der Waals surface area (Å²) in [4.78, 5) is 3.97. The van der Waals surface area contributed by atoms with Crippen LogP contribution in [0.3, 0.4) is 0 Å². The van der Waals surface area contributed by atoms with Gasteiger partial charge >= 0.3 is 6.18 Å². The smallest absolute Gasteiger partial charge is 0.388 e. The maximum atomic E-state index is 13.2. The van der Waals surface area contributed by atoms with Crippen molar-refractivity contribution in [2.24, 2.45) is 5.73 Å². The molecule has 0 saturated heterocycles. The molecular formula is C13H9F4N3S. The molecule has 0 aliphatic rings. The molecular weight excluding hydrogens is 306 g/mol. The number of nitrogens with zero attached hydrogens (tertiary/aromatic N) is 1. The summed E-state index contributed by atoms with van der Waals surface area (Å²) in [6, 6.07) is 5.65. The quantitative estimate of drug-likeness (QED) is 0.671. The SMILES string of the molecule is NC(=S)c1cc(Nc2ccc(F)c(C(F)(F)F)c2)ccn1. The number of anilines is 2. The zero-order valence-electron chi connectivity index (χ0n) is 10.4. The number of nitrogens with one attached hydrogen (secondary N) is 1. The van der Waals surface area contributed by atoms with Crippen molar-refractivity contribution in [3.8, 4) is 0 Å². The average molecular weight is 315 g/mol. The predicted octanol–water partition coefficient (Wildman–Crippen LogP) is 3.62. The maximum absolute atomic E-state index is 13.2. The number of nitrogens with two attached hydrogens (primary N) is 1. The number of halogens is 4. The molecule has 0 bridgehead atoms. The first-order chi connectivity index (χ1) is 9.77. The lowest BCUT2D eigenvalue weighted by Gasteiger charge is -2.12. The lowest BCUT2D eigenvalue weighted by atomic mass is 10.1. The van der Waals surface area contributed by atoms with Crippen molar-refractivity contribution in [2.45, 2.75) is 6.18 Å². The molecule has 1 aromatic carbocycles. The van der Waals surface area contributed by atoms with Crippen LogP contribution in [0.1, 0.15) is 11.3 Å². The van der Waals surface area contributed by atoms with Crippen LogP contribution >= 0.6 is 12.2 Å². The third kappa shape index (κ3) is 3.66. The molecule has 0 saturated carbocycles. The largest absolute Gasteiger partial charge is 0.419 e. The summed E-state index contributed by atoms with van der Waals surface area (Å²) in [5.41, 5.74) is 4.93. The Morgan fingerprint density at radius 3 is 2.43 bits per heavy atom. The van der Waals surface area contributed by atoms with E-state index in [2.05, 4.69) is 10.3 Å². The van der Waals surface area contributed by atoms with Crippen LogP contribution in [0.2, 0.25) is 0 Å². The van der Waals surface area contributed by atoms with E-state index in [1.165, 1.54) is 24.4 Å². The van der Waals surface area contributed by atoms with Crippen LogP contribution in [0.15, 0.2) is 36.5 Å². The van der Waals surface area contributed by atoms with Gasteiger partial charge in [-0.3, -0.25) is 4.98 Å². The van der Waals surface area contributed by atoms with Crippen molar-refractivity contribution in [3.63, 3.8) is 0 Å². The Balaban J connectivity index is 2.32. The molecule has 110 valence electrons. The van der Waals surface area contributed by atoms with Crippen LogP contribution < -0.4 is 11.1 Å². The zero-order valence-corrected chi connectivity index (χ0v) is 11.2. The maximum Gasteiger partial charge on any atom is 0.419 e. The van der Waals surface area contributed by atoms with Crippen LogP contribution in [-0.2, 0) is 6.18 Å². The van der Waals surface area contributed by atoms with E-state index >= 15 is 0 Å². The molecule has 8 heteroatoms.